The second-order valence-electron chi connectivity index (χ2n) is 14.1. The molecule has 3 N–H and O–H groups in total. The van der Waals surface area contributed by atoms with E-state index in [9.17, 15) is 9.65 Å². The Labute approximate surface area is 309 Å². The van der Waals surface area contributed by atoms with Gasteiger partial charge in [-0.2, -0.15) is 28.4 Å². The quantitative estimate of drug-likeness (QED) is 0.151. The number of rotatable bonds is 8. The Balaban J connectivity index is 1.40. The van der Waals surface area contributed by atoms with Crippen molar-refractivity contribution in [3.8, 4) is 29.0 Å². The Hall–Kier alpha value is -5.08. The number of nitrogens with one attached hydrogen (secondary N) is 1. The van der Waals surface area contributed by atoms with E-state index in [4.69, 9.17) is 15.2 Å². The lowest BCUT2D eigenvalue weighted by Crippen LogP contribution is -2.43. The van der Waals surface area contributed by atoms with Gasteiger partial charge >= 0.3 is 12.2 Å². The van der Waals surface area contributed by atoms with Crippen LogP contribution >= 0.6 is 11.3 Å². The van der Waals surface area contributed by atoms with Crippen LogP contribution in [0.2, 0.25) is 0 Å². The molecule has 0 radical (unpaired) electrons. The molecule has 0 bridgehead atoms. The molecule has 0 aliphatic carbocycles. The summed E-state index contributed by atoms with van der Waals surface area (Å²) in [6, 6.07) is 6.79. The molecule has 3 aliphatic heterocycles. The highest BCUT2D eigenvalue weighted by molar-refractivity contribution is 7.23. The van der Waals surface area contributed by atoms with Gasteiger partial charge in [0.1, 0.15) is 64.7 Å². The number of pyridine rings is 1. The molecule has 282 valence electrons. The van der Waals surface area contributed by atoms with Crippen LogP contribution in [0.3, 0.4) is 0 Å². The van der Waals surface area contributed by atoms with Crippen LogP contribution in [0.1, 0.15) is 49.8 Å². The number of hydrogen-bond donors (Lipinski definition) is 2. The van der Waals surface area contributed by atoms with E-state index in [-0.39, 0.29) is 94.6 Å². The predicted molar refractivity (Wildman–Crippen MR) is 192 cm³/mol. The Morgan fingerprint density at radius 1 is 1.19 bits per heavy atom. The number of nitriles is 1. The van der Waals surface area contributed by atoms with Crippen molar-refractivity contribution in [1.29, 1.82) is 5.26 Å². The Kier molecular flexibility index (Phi) is 8.88. The number of nitrogens with two attached hydrogens (primary N) is 1. The number of anilines is 3. The van der Waals surface area contributed by atoms with E-state index in [0.717, 1.165) is 29.9 Å². The van der Waals surface area contributed by atoms with Crippen molar-refractivity contribution < 1.29 is 35.8 Å². The second kappa shape index (κ2) is 13.3. The molecule has 6 heterocycles. The molecule has 10 nitrogen and oxygen atoms in total. The second-order valence-corrected chi connectivity index (χ2v) is 15.2. The average Bonchev–Trinajstić information content (AvgIpc) is 3.73. The number of thiophene rings is 1. The van der Waals surface area contributed by atoms with Gasteiger partial charge in [-0.1, -0.05) is 12.1 Å². The molecule has 0 saturated carbocycles. The van der Waals surface area contributed by atoms with Crippen molar-refractivity contribution in [1.82, 2.24) is 19.9 Å². The number of hydrogen-bond acceptors (Lipinski definition) is 11. The summed E-state index contributed by atoms with van der Waals surface area (Å²) in [5.41, 5.74) is 2.58. The molecule has 0 spiro atoms. The number of ether oxygens (including phenoxy) is 2. The normalized spacial score (nSPS) is 20.0. The fourth-order valence-electron chi connectivity index (χ4n) is 8.03. The largest absolute Gasteiger partial charge is 0.490 e. The molecule has 3 aromatic heterocycles. The highest BCUT2D eigenvalue weighted by Gasteiger charge is 2.50. The molecule has 3 aliphatic rings. The first-order valence-electron chi connectivity index (χ1n) is 17.4. The molecule has 2 atom stereocenters. The fraction of sp³-hybridized carbons (Fsp3) is 0.405. The van der Waals surface area contributed by atoms with Crippen molar-refractivity contribution >= 4 is 49.0 Å². The van der Waals surface area contributed by atoms with Crippen molar-refractivity contribution in [2.24, 2.45) is 0 Å². The molecule has 0 amide bonds. The first-order chi connectivity index (χ1) is 25.8. The SMILES string of the molecule is CC(C)Nc1sc2c(F)ccc(-c3c(C(F)(F)F)c4c5c(nc(OC[C@@]67CCCN6CC(F)C7)nc5c3F)N(Cc3cccnc3N)CCO4)c2c1C#N. The van der Waals surface area contributed by atoms with E-state index >= 15 is 22.0 Å². The van der Waals surface area contributed by atoms with Gasteiger partial charge in [0.2, 0.25) is 0 Å². The van der Waals surface area contributed by atoms with Crippen LogP contribution in [0, 0.1) is 23.0 Å². The van der Waals surface area contributed by atoms with Crippen LogP contribution in [0.5, 0.6) is 11.8 Å². The molecular weight excluding hydrogens is 735 g/mol. The van der Waals surface area contributed by atoms with Crippen molar-refractivity contribution in [2.75, 3.05) is 48.8 Å². The summed E-state index contributed by atoms with van der Waals surface area (Å²) in [6.07, 6.45) is -3.07. The minimum atomic E-state index is -5.21. The molecule has 2 saturated heterocycles. The zero-order valence-corrected chi connectivity index (χ0v) is 30.0. The Morgan fingerprint density at radius 3 is 2.74 bits per heavy atom. The zero-order valence-electron chi connectivity index (χ0n) is 29.2. The van der Waals surface area contributed by atoms with Gasteiger partial charge in [-0.3, -0.25) is 4.90 Å². The molecule has 54 heavy (non-hydrogen) atoms. The lowest BCUT2D eigenvalue weighted by Gasteiger charge is -2.31. The van der Waals surface area contributed by atoms with E-state index in [1.165, 1.54) is 6.20 Å². The average molecular weight is 769 g/mol. The number of aromatic nitrogens is 3. The van der Waals surface area contributed by atoms with Crippen LogP contribution in [0.25, 0.3) is 32.1 Å². The number of fused-ring (bicyclic) bond motifs is 2. The summed E-state index contributed by atoms with van der Waals surface area (Å²) >= 11 is 0.851. The summed E-state index contributed by atoms with van der Waals surface area (Å²) in [4.78, 5) is 16.7. The summed E-state index contributed by atoms with van der Waals surface area (Å²) in [6.45, 7) is 4.21. The molecule has 5 aromatic rings. The third-order valence-electron chi connectivity index (χ3n) is 10.3. The maximum atomic E-state index is 17.5. The number of alkyl halides is 4. The van der Waals surface area contributed by atoms with E-state index in [2.05, 4.69) is 20.3 Å². The standard InChI is InChI=1S/C37H34F6N8O2S/c1-18(2)47-34-22(14-44)24-21(6-7-23(39)31(24)54-34)25-27(37(41,42)43)30-26-29(28(25)40)48-35(53-17-36-8-4-10-51(36)16-20(38)13-36)49-33(26)50(11-12-52-30)15-19-5-3-9-46-32(19)45/h3,5-7,9,18,20,47H,4,8,10-13,15-17H2,1-2H3,(H2,45,46)/t20?,36-/m0/s1. The van der Waals surface area contributed by atoms with E-state index in [1.54, 1.807) is 30.9 Å². The lowest BCUT2D eigenvalue weighted by atomic mass is 9.91. The molecule has 2 fully saturated rings. The van der Waals surface area contributed by atoms with Gasteiger partial charge in [-0.25, -0.2) is 18.2 Å². The summed E-state index contributed by atoms with van der Waals surface area (Å²) in [5, 5.41) is 13.0. The Bertz CT molecular complexity index is 2350. The van der Waals surface area contributed by atoms with Gasteiger partial charge in [0, 0.05) is 48.3 Å². The smallest absolute Gasteiger partial charge is 0.420 e. The third-order valence-corrected chi connectivity index (χ3v) is 11.4. The number of halogens is 6. The summed E-state index contributed by atoms with van der Waals surface area (Å²) in [5.74, 6) is -2.82. The highest BCUT2D eigenvalue weighted by Crippen LogP contribution is 2.54. The first kappa shape index (κ1) is 35.9. The topological polar surface area (TPSA) is 125 Å². The van der Waals surface area contributed by atoms with Crippen LogP contribution in [0.4, 0.5) is 43.0 Å². The highest BCUT2D eigenvalue weighted by atomic mass is 32.1. The lowest BCUT2D eigenvalue weighted by molar-refractivity contribution is -0.138. The molecule has 17 heteroatoms. The minimum absolute atomic E-state index is 0.00179. The molecule has 1 unspecified atom stereocenters. The Morgan fingerprint density at radius 2 is 2.00 bits per heavy atom. The summed E-state index contributed by atoms with van der Waals surface area (Å²) < 4.78 is 106. The maximum absolute atomic E-state index is 17.5. The minimum Gasteiger partial charge on any atom is -0.490 e. The van der Waals surface area contributed by atoms with E-state index in [0.29, 0.717) is 18.5 Å². The number of nitrogens with zero attached hydrogens (tertiary/aromatic N) is 6. The number of benzene rings is 2. The van der Waals surface area contributed by atoms with Crippen LogP contribution < -0.4 is 25.4 Å². The first-order valence-corrected chi connectivity index (χ1v) is 18.3. The van der Waals surface area contributed by atoms with Crippen LogP contribution in [-0.4, -0.2) is 70.5 Å². The maximum Gasteiger partial charge on any atom is 0.420 e. The van der Waals surface area contributed by atoms with E-state index in [1.807, 2.05) is 11.0 Å². The fourth-order valence-corrected chi connectivity index (χ4v) is 9.26. The van der Waals surface area contributed by atoms with Gasteiger partial charge < -0.3 is 25.4 Å². The van der Waals surface area contributed by atoms with E-state index < -0.39 is 51.9 Å². The number of nitrogen functional groups attached to an aromatic ring is 1. The summed E-state index contributed by atoms with van der Waals surface area (Å²) in [7, 11) is 0. The molecular formula is C37H34F6N8O2S. The van der Waals surface area contributed by atoms with Gasteiger partial charge in [0.25, 0.3) is 0 Å². The third kappa shape index (κ3) is 5.95. The van der Waals surface area contributed by atoms with Gasteiger partial charge in [0.15, 0.2) is 5.82 Å². The van der Waals surface area contributed by atoms with Crippen molar-refractivity contribution in [2.45, 2.75) is 63.6 Å². The van der Waals surface area contributed by atoms with Gasteiger partial charge in [0.05, 0.1) is 27.7 Å². The molecule has 2 aromatic carbocycles. The van der Waals surface area contributed by atoms with Crippen LogP contribution in [0.15, 0.2) is 30.5 Å². The molecule has 8 rings (SSSR count). The van der Waals surface area contributed by atoms with Crippen molar-refractivity contribution in [3.63, 3.8) is 0 Å². The zero-order chi connectivity index (χ0) is 38.1. The van der Waals surface area contributed by atoms with Crippen LogP contribution in [-0.2, 0) is 12.7 Å². The van der Waals surface area contributed by atoms with Crippen molar-refractivity contribution in [3.05, 3.63) is 58.8 Å². The van der Waals surface area contributed by atoms with Gasteiger partial charge in [-0.15, -0.1) is 11.3 Å². The monoisotopic (exact) mass is 768 g/mol. The van der Waals surface area contributed by atoms with Gasteiger partial charge in [-0.05, 0) is 50.9 Å². The predicted octanol–water partition coefficient (Wildman–Crippen LogP) is 7.83.